The molecule has 1 aromatic heterocycles. The van der Waals surface area contributed by atoms with Crippen LogP contribution in [0.5, 0.6) is 0 Å². The maximum Gasteiger partial charge on any atom is 0.255 e. The van der Waals surface area contributed by atoms with Gasteiger partial charge in [-0.05, 0) is 36.2 Å². The largest absolute Gasteiger partial charge is 0.322 e. The predicted octanol–water partition coefficient (Wildman–Crippen LogP) is 4.27. The van der Waals surface area contributed by atoms with E-state index >= 15 is 0 Å². The Bertz CT molecular complexity index is 953. The van der Waals surface area contributed by atoms with Gasteiger partial charge in [-0.3, -0.25) is 9.59 Å². The standard InChI is InChI=1S/C21H21N3O2S/c1-2-6-18-13-19(25)24-21(23-18)27-14-15-9-11-16(12-10-15)20(26)22-17-7-4-3-5-8-17/h3-5,7-13H,2,6,14H2,1H3,(H,22,26)(H,23,24,25). The van der Waals surface area contributed by atoms with Crippen molar-refractivity contribution in [2.45, 2.75) is 30.7 Å². The molecule has 2 N–H and O–H groups in total. The van der Waals surface area contributed by atoms with Gasteiger partial charge in [-0.2, -0.15) is 0 Å². The van der Waals surface area contributed by atoms with E-state index < -0.39 is 0 Å². The molecular weight excluding hydrogens is 358 g/mol. The molecule has 1 amide bonds. The van der Waals surface area contributed by atoms with Crippen LogP contribution in [0.4, 0.5) is 5.69 Å². The van der Waals surface area contributed by atoms with Crippen molar-refractivity contribution in [2.24, 2.45) is 0 Å². The van der Waals surface area contributed by atoms with E-state index in [0.29, 0.717) is 16.5 Å². The first-order chi connectivity index (χ1) is 13.1. The van der Waals surface area contributed by atoms with Gasteiger partial charge in [0.1, 0.15) is 0 Å². The van der Waals surface area contributed by atoms with Gasteiger partial charge in [0.25, 0.3) is 11.5 Å². The van der Waals surface area contributed by atoms with Gasteiger partial charge in [-0.15, -0.1) is 0 Å². The van der Waals surface area contributed by atoms with E-state index in [-0.39, 0.29) is 11.5 Å². The SMILES string of the molecule is CCCc1cc(=O)[nH]c(SCc2ccc(C(=O)Nc3ccccc3)cc2)n1. The third-order valence-corrected chi connectivity index (χ3v) is 4.85. The Balaban J connectivity index is 1.61. The lowest BCUT2D eigenvalue weighted by atomic mass is 10.1. The second-order valence-electron chi connectivity index (χ2n) is 6.10. The zero-order valence-electron chi connectivity index (χ0n) is 15.1. The van der Waals surface area contributed by atoms with Crippen LogP contribution in [0.25, 0.3) is 0 Å². The highest BCUT2D eigenvalue weighted by Crippen LogP contribution is 2.19. The number of aromatic amines is 1. The first kappa shape index (κ1) is 18.9. The highest BCUT2D eigenvalue weighted by molar-refractivity contribution is 7.98. The third kappa shape index (κ3) is 5.56. The predicted molar refractivity (Wildman–Crippen MR) is 109 cm³/mol. The van der Waals surface area contributed by atoms with Gasteiger partial charge in [0.15, 0.2) is 5.16 Å². The van der Waals surface area contributed by atoms with Gasteiger partial charge in [-0.25, -0.2) is 4.98 Å². The first-order valence-electron chi connectivity index (χ1n) is 8.82. The molecule has 0 aliphatic rings. The molecule has 0 aliphatic carbocycles. The molecule has 0 bridgehead atoms. The van der Waals surface area contributed by atoms with Gasteiger partial charge in [0, 0.05) is 28.8 Å². The van der Waals surface area contributed by atoms with E-state index in [0.717, 1.165) is 29.8 Å². The topological polar surface area (TPSA) is 74.8 Å². The summed E-state index contributed by atoms with van der Waals surface area (Å²) in [6.45, 7) is 2.06. The number of amides is 1. The summed E-state index contributed by atoms with van der Waals surface area (Å²) in [6, 6.07) is 18.4. The Morgan fingerprint density at radius 1 is 1.11 bits per heavy atom. The summed E-state index contributed by atoms with van der Waals surface area (Å²) >= 11 is 1.48. The molecule has 3 aromatic rings. The Hall–Kier alpha value is -2.86. The number of thioether (sulfide) groups is 1. The van der Waals surface area contributed by atoms with Crippen molar-refractivity contribution >= 4 is 23.4 Å². The van der Waals surface area contributed by atoms with E-state index in [1.807, 2.05) is 42.5 Å². The highest BCUT2D eigenvalue weighted by Gasteiger charge is 2.07. The lowest BCUT2D eigenvalue weighted by Crippen LogP contribution is -2.11. The van der Waals surface area contributed by atoms with Crippen LogP contribution >= 0.6 is 11.8 Å². The molecule has 0 saturated heterocycles. The van der Waals surface area contributed by atoms with Crippen LogP contribution in [-0.2, 0) is 12.2 Å². The smallest absolute Gasteiger partial charge is 0.255 e. The van der Waals surface area contributed by atoms with Crippen LogP contribution in [0.15, 0.2) is 70.6 Å². The van der Waals surface area contributed by atoms with E-state index in [4.69, 9.17) is 0 Å². The van der Waals surface area contributed by atoms with Crippen molar-refractivity contribution in [3.05, 3.63) is 87.8 Å². The average Bonchev–Trinajstić information content (AvgIpc) is 2.67. The summed E-state index contributed by atoms with van der Waals surface area (Å²) in [7, 11) is 0. The highest BCUT2D eigenvalue weighted by atomic mass is 32.2. The molecule has 2 aromatic carbocycles. The first-order valence-corrected chi connectivity index (χ1v) is 9.81. The van der Waals surface area contributed by atoms with Gasteiger partial charge in [0.2, 0.25) is 0 Å². The number of carbonyl (C=O) groups is 1. The minimum Gasteiger partial charge on any atom is -0.322 e. The molecule has 27 heavy (non-hydrogen) atoms. The molecule has 138 valence electrons. The molecule has 0 unspecified atom stereocenters. The van der Waals surface area contributed by atoms with Crippen LogP contribution in [0, 0.1) is 0 Å². The van der Waals surface area contributed by atoms with Gasteiger partial charge >= 0.3 is 0 Å². The Morgan fingerprint density at radius 3 is 2.56 bits per heavy atom. The molecule has 3 rings (SSSR count). The normalized spacial score (nSPS) is 10.6. The van der Waals surface area contributed by atoms with Gasteiger partial charge in [0.05, 0.1) is 0 Å². The number of aromatic nitrogens is 2. The summed E-state index contributed by atoms with van der Waals surface area (Å²) in [6.07, 6.45) is 1.75. The molecule has 0 spiro atoms. The molecule has 0 fully saturated rings. The monoisotopic (exact) mass is 379 g/mol. The van der Waals surface area contributed by atoms with Crippen LogP contribution in [0.2, 0.25) is 0 Å². The lowest BCUT2D eigenvalue weighted by molar-refractivity contribution is 0.102. The number of rotatable bonds is 7. The van der Waals surface area contributed by atoms with Crippen LogP contribution in [0.3, 0.4) is 0 Å². The van der Waals surface area contributed by atoms with E-state index in [2.05, 4.69) is 22.2 Å². The minimum absolute atomic E-state index is 0.121. The summed E-state index contributed by atoms with van der Waals surface area (Å²) < 4.78 is 0. The van der Waals surface area contributed by atoms with Crippen LogP contribution in [-0.4, -0.2) is 15.9 Å². The molecule has 6 heteroatoms. The second kappa shape index (κ2) is 9.19. The number of para-hydroxylation sites is 1. The number of nitrogens with zero attached hydrogens (tertiary/aromatic N) is 1. The number of nitrogens with one attached hydrogen (secondary N) is 2. The summed E-state index contributed by atoms with van der Waals surface area (Å²) in [4.78, 5) is 31.2. The fourth-order valence-corrected chi connectivity index (χ4v) is 3.42. The fraction of sp³-hybridized carbons (Fsp3) is 0.190. The maximum atomic E-state index is 12.3. The van der Waals surface area contributed by atoms with Crippen molar-refractivity contribution in [1.29, 1.82) is 0 Å². The van der Waals surface area contributed by atoms with E-state index in [9.17, 15) is 9.59 Å². The molecular formula is C21H21N3O2S. The number of anilines is 1. The van der Waals surface area contributed by atoms with Crippen LogP contribution in [0.1, 0.15) is 35.0 Å². The van der Waals surface area contributed by atoms with Crippen molar-refractivity contribution in [1.82, 2.24) is 9.97 Å². The molecule has 5 nitrogen and oxygen atoms in total. The lowest BCUT2D eigenvalue weighted by Gasteiger charge is -2.07. The quantitative estimate of drug-likeness (QED) is 0.475. The molecule has 1 heterocycles. The van der Waals surface area contributed by atoms with E-state index in [1.54, 1.807) is 18.2 Å². The zero-order valence-corrected chi connectivity index (χ0v) is 15.9. The third-order valence-electron chi connectivity index (χ3n) is 3.90. The second-order valence-corrected chi connectivity index (χ2v) is 7.06. The number of benzene rings is 2. The Morgan fingerprint density at radius 2 is 1.85 bits per heavy atom. The minimum atomic E-state index is -0.140. The number of carbonyl (C=O) groups excluding carboxylic acids is 1. The van der Waals surface area contributed by atoms with Crippen LogP contribution < -0.4 is 10.9 Å². The van der Waals surface area contributed by atoms with Crippen molar-refractivity contribution in [3.63, 3.8) is 0 Å². The van der Waals surface area contributed by atoms with Crippen molar-refractivity contribution < 1.29 is 4.79 Å². The molecule has 0 radical (unpaired) electrons. The van der Waals surface area contributed by atoms with E-state index in [1.165, 1.54) is 11.8 Å². The molecule has 0 aliphatic heterocycles. The number of H-pyrrole nitrogens is 1. The average molecular weight is 379 g/mol. The Kier molecular flexibility index (Phi) is 6.44. The number of hydrogen-bond donors (Lipinski definition) is 2. The van der Waals surface area contributed by atoms with Gasteiger partial charge in [-0.1, -0.05) is 55.4 Å². The maximum absolute atomic E-state index is 12.3. The summed E-state index contributed by atoms with van der Waals surface area (Å²) in [5, 5.41) is 3.49. The zero-order chi connectivity index (χ0) is 19.1. The van der Waals surface area contributed by atoms with Crippen molar-refractivity contribution in [3.8, 4) is 0 Å². The van der Waals surface area contributed by atoms with Crippen molar-refractivity contribution in [2.75, 3.05) is 5.32 Å². The fourth-order valence-electron chi connectivity index (χ4n) is 2.56. The number of hydrogen-bond acceptors (Lipinski definition) is 4. The summed E-state index contributed by atoms with van der Waals surface area (Å²) in [5.74, 6) is 0.526. The Labute approximate surface area is 162 Å². The molecule has 0 saturated carbocycles. The summed E-state index contributed by atoms with van der Waals surface area (Å²) in [5.41, 5.74) is 3.12. The molecule has 0 atom stereocenters. The van der Waals surface area contributed by atoms with Gasteiger partial charge < -0.3 is 10.3 Å². The number of aryl methyl sites for hydroxylation is 1.